The number of nitro groups is 1. The van der Waals surface area contributed by atoms with Crippen LogP contribution in [-0.2, 0) is 9.84 Å². The molecule has 1 aliphatic heterocycles. The van der Waals surface area contributed by atoms with Gasteiger partial charge >= 0.3 is 5.76 Å². The SMILES string of the molecule is O=C(Nc1ccccc1S(=O)(=O)C(F)F)c1ccc(N2CCCC2)c([N+](=O)[O-])c1. The van der Waals surface area contributed by atoms with Gasteiger partial charge in [0, 0.05) is 24.7 Å². The highest BCUT2D eigenvalue weighted by Crippen LogP contribution is 2.32. The van der Waals surface area contributed by atoms with E-state index >= 15 is 0 Å². The van der Waals surface area contributed by atoms with E-state index < -0.39 is 31.3 Å². The molecule has 0 unspecified atom stereocenters. The summed E-state index contributed by atoms with van der Waals surface area (Å²) in [6.07, 6.45) is 1.82. The Morgan fingerprint density at radius 3 is 2.41 bits per heavy atom. The molecular formula is C18H17F2N3O5S. The van der Waals surface area contributed by atoms with E-state index in [0.717, 1.165) is 25.0 Å². The van der Waals surface area contributed by atoms with E-state index in [1.165, 1.54) is 30.3 Å². The number of nitro benzene ring substituents is 1. The van der Waals surface area contributed by atoms with E-state index in [4.69, 9.17) is 0 Å². The number of carbonyl (C=O) groups excluding carboxylic acids is 1. The van der Waals surface area contributed by atoms with Crippen molar-refractivity contribution in [3.8, 4) is 0 Å². The molecule has 0 atom stereocenters. The van der Waals surface area contributed by atoms with E-state index in [1.807, 2.05) is 4.90 Å². The summed E-state index contributed by atoms with van der Waals surface area (Å²) in [5.74, 6) is -4.50. The fourth-order valence-electron chi connectivity index (χ4n) is 3.14. The molecule has 1 heterocycles. The Balaban J connectivity index is 1.93. The molecule has 0 aromatic heterocycles. The lowest BCUT2D eigenvalue weighted by molar-refractivity contribution is -0.384. The Bertz CT molecular complexity index is 1050. The number of rotatable bonds is 6. The summed E-state index contributed by atoms with van der Waals surface area (Å²) in [6.45, 7) is 1.34. The average Bonchev–Trinajstić information content (AvgIpc) is 3.22. The summed E-state index contributed by atoms with van der Waals surface area (Å²) in [5, 5.41) is 13.7. The third-order valence-corrected chi connectivity index (χ3v) is 6.00. The summed E-state index contributed by atoms with van der Waals surface area (Å²) >= 11 is 0. The van der Waals surface area contributed by atoms with Crippen LogP contribution >= 0.6 is 0 Å². The summed E-state index contributed by atoms with van der Waals surface area (Å²) in [7, 11) is -4.94. The molecule has 0 bridgehead atoms. The van der Waals surface area contributed by atoms with E-state index in [2.05, 4.69) is 5.32 Å². The van der Waals surface area contributed by atoms with E-state index in [9.17, 15) is 32.1 Å². The zero-order chi connectivity index (χ0) is 21.2. The lowest BCUT2D eigenvalue weighted by Crippen LogP contribution is -2.20. The van der Waals surface area contributed by atoms with Gasteiger partial charge in [-0.3, -0.25) is 14.9 Å². The molecule has 0 spiro atoms. The number of halogens is 2. The minimum absolute atomic E-state index is 0.0936. The maximum absolute atomic E-state index is 12.9. The summed E-state index contributed by atoms with van der Waals surface area (Å²) in [5.41, 5.74) is -0.286. The van der Waals surface area contributed by atoms with Gasteiger partial charge in [0.25, 0.3) is 11.6 Å². The Morgan fingerprint density at radius 1 is 1.14 bits per heavy atom. The first-order valence-electron chi connectivity index (χ1n) is 8.67. The molecule has 8 nitrogen and oxygen atoms in total. The van der Waals surface area contributed by atoms with Crippen LogP contribution in [0.25, 0.3) is 0 Å². The molecule has 1 amide bonds. The van der Waals surface area contributed by atoms with Crippen molar-refractivity contribution in [2.24, 2.45) is 0 Å². The smallest absolute Gasteiger partial charge is 0.341 e. The molecule has 11 heteroatoms. The van der Waals surface area contributed by atoms with E-state index in [1.54, 1.807) is 0 Å². The number of amides is 1. The molecule has 1 saturated heterocycles. The summed E-state index contributed by atoms with van der Waals surface area (Å²) in [4.78, 5) is 24.5. The minimum Gasteiger partial charge on any atom is -0.366 e. The number of nitrogens with one attached hydrogen (secondary N) is 1. The van der Waals surface area contributed by atoms with Gasteiger partial charge in [-0.05, 0) is 37.1 Å². The number of anilines is 2. The molecule has 2 aromatic rings. The van der Waals surface area contributed by atoms with Crippen molar-refractivity contribution in [3.05, 3.63) is 58.1 Å². The molecule has 1 fully saturated rings. The Kier molecular flexibility index (Phi) is 5.78. The quantitative estimate of drug-likeness (QED) is 0.561. The Hall–Kier alpha value is -3.08. The number of hydrogen-bond donors (Lipinski definition) is 1. The number of para-hydroxylation sites is 1. The first kappa shape index (κ1) is 20.6. The number of hydrogen-bond acceptors (Lipinski definition) is 6. The van der Waals surface area contributed by atoms with Crippen LogP contribution in [0.1, 0.15) is 23.2 Å². The molecule has 0 aliphatic carbocycles. The maximum atomic E-state index is 12.9. The Morgan fingerprint density at radius 2 is 1.79 bits per heavy atom. The number of benzene rings is 2. The first-order valence-corrected chi connectivity index (χ1v) is 10.2. The van der Waals surface area contributed by atoms with Crippen LogP contribution in [0.4, 0.5) is 25.8 Å². The van der Waals surface area contributed by atoms with Crippen molar-refractivity contribution in [3.63, 3.8) is 0 Å². The van der Waals surface area contributed by atoms with Crippen LogP contribution in [0.5, 0.6) is 0 Å². The van der Waals surface area contributed by atoms with Crippen molar-refractivity contribution < 1.29 is 26.9 Å². The van der Waals surface area contributed by atoms with Gasteiger partial charge in [0.1, 0.15) is 5.69 Å². The number of carbonyl (C=O) groups is 1. The van der Waals surface area contributed by atoms with Crippen LogP contribution in [0, 0.1) is 10.1 Å². The standard InChI is InChI=1S/C18H17F2N3O5S/c19-18(20)29(27,28)16-6-2-1-5-13(16)21-17(24)12-7-8-14(15(11-12)23(25)26)22-9-3-4-10-22/h1-2,5-8,11,18H,3-4,9-10H2,(H,21,24). The zero-order valence-corrected chi connectivity index (χ0v) is 15.9. The average molecular weight is 425 g/mol. The van der Waals surface area contributed by atoms with Crippen molar-refractivity contribution in [2.45, 2.75) is 23.5 Å². The predicted molar refractivity (Wildman–Crippen MR) is 102 cm³/mol. The molecule has 2 aromatic carbocycles. The second kappa shape index (κ2) is 8.11. The highest BCUT2D eigenvalue weighted by atomic mass is 32.2. The van der Waals surface area contributed by atoms with Crippen LogP contribution in [0.15, 0.2) is 47.4 Å². The molecule has 154 valence electrons. The fraction of sp³-hybridized carbons (Fsp3) is 0.278. The van der Waals surface area contributed by atoms with Gasteiger partial charge in [-0.25, -0.2) is 8.42 Å². The van der Waals surface area contributed by atoms with Crippen LogP contribution < -0.4 is 10.2 Å². The molecule has 0 saturated carbocycles. The third-order valence-electron chi connectivity index (χ3n) is 4.56. The number of alkyl halides is 2. The molecule has 1 N–H and O–H groups in total. The lowest BCUT2D eigenvalue weighted by atomic mass is 10.1. The van der Waals surface area contributed by atoms with E-state index in [-0.39, 0.29) is 16.9 Å². The van der Waals surface area contributed by atoms with Gasteiger partial charge in [-0.2, -0.15) is 8.78 Å². The highest BCUT2D eigenvalue weighted by Gasteiger charge is 2.30. The summed E-state index contributed by atoms with van der Waals surface area (Å²) < 4.78 is 49.4. The summed E-state index contributed by atoms with van der Waals surface area (Å²) in [6, 6.07) is 8.67. The van der Waals surface area contributed by atoms with Crippen LogP contribution in [0.2, 0.25) is 0 Å². The molecule has 1 aliphatic rings. The second-order valence-electron chi connectivity index (χ2n) is 6.41. The molecule has 0 radical (unpaired) electrons. The predicted octanol–water partition coefficient (Wildman–Crippen LogP) is 3.44. The van der Waals surface area contributed by atoms with Crippen LogP contribution in [-0.4, -0.2) is 38.1 Å². The number of nitrogens with zero attached hydrogens (tertiary/aromatic N) is 2. The molecular weight excluding hydrogens is 408 g/mol. The number of sulfone groups is 1. The zero-order valence-electron chi connectivity index (χ0n) is 15.0. The molecule has 3 rings (SSSR count). The second-order valence-corrected chi connectivity index (χ2v) is 8.30. The van der Waals surface area contributed by atoms with Gasteiger partial charge < -0.3 is 10.2 Å². The first-order chi connectivity index (χ1) is 13.7. The van der Waals surface area contributed by atoms with Crippen molar-refractivity contribution in [1.29, 1.82) is 0 Å². The Labute approximate surface area is 165 Å². The van der Waals surface area contributed by atoms with Crippen molar-refractivity contribution >= 4 is 32.8 Å². The highest BCUT2D eigenvalue weighted by molar-refractivity contribution is 7.91. The van der Waals surface area contributed by atoms with Gasteiger partial charge in [-0.15, -0.1) is 0 Å². The van der Waals surface area contributed by atoms with Crippen molar-refractivity contribution in [2.75, 3.05) is 23.3 Å². The molecule has 29 heavy (non-hydrogen) atoms. The third kappa shape index (κ3) is 4.19. The minimum atomic E-state index is -4.94. The fourth-order valence-corrected chi connectivity index (χ4v) is 4.03. The van der Waals surface area contributed by atoms with Gasteiger partial charge in [-0.1, -0.05) is 12.1 Å². The van der Waals surface area contributed by atoms with E-state index in [0.29, 0.717) is 18.8 Å². The largest absolute Gasteiger partial charge is 0.366 e. The van der Waals surface area contributed by atoms with Gasteiger partial charge in [0.05, 0.1) is 15.5 Å². The normalized spacial score (nSPS) is 14.2. The van der Waals surface area contributed by atoms with Gasteiger partial charge in [0.15, 0.2) is 0 Å². The monoisotopic (exact) mass is 425 g/mol. The lowest BCUT2D eigenvalue weighted by Gasteiger charge is -2.18. The van der Waals surface area contributed by atoms with Crippen molar-refractivity contribution in [1.82, 2.24) is 0 Å². The van der Waals surface area contributed by atoms with Crippen LogP contribution in [0.3, 0.4) is 0 Å². The van der Waals surface area contributed by atoms with Gasteiger partial charge in [0.2, 0.25) is 9.84 Å². The topological polar surface area (TPSA) is 110 Å². The maximum Gasteiger partial charge on any atom is 0.341 e.